The molecule has 2 aliphatic rings. The first kappa shape index (κ1) is 29.3. The van der Waals surface area contributed by atoms with Gasteiger partial charge in [0.2, 0.25) is 17.7 Å². The van der Waals surface area contributed by atoms with Crippen molar-refractivity contribution in [3.05, 3.63) is 70.8 Å². The molecule has 1 aliphatic carbocycles. The third kappa shape index (κ3) is 7.69. The number of hydrogen-bond donors (Lipinski definition) is 5. The maximum absolute atomic E-state index is 13.4. The van der Waals surface area contributed by atoms with Crippen molar-refractivity contribution in [1.29, 1.82) is 5.41 Å². The maximum Gasteiger partial charge on any atom is 0.243 e. The minimum absolute atomic E-state index is 0.0328. The van der Waals surface area contributed by atoms with E-state index in [1.165, 1.54) is 16.0 Å². The number of hydrogen-bond acceptors (Lipinski definition) is 5. The second kappa shape index (κ2) is 13.6. The molecule has 1 fully saturated rings. The van der Waals surface area contributed by atoms with Crippen molar-refractivity contribution in [2.75, 3.05) is 20.1 Å². The molecular weight excluding hydrogens is 504 g/mol. The molecular formula is C31H42N6O3. The first-order valence-electron chi connectivity index (χ1n) is 14.3. The topological polar surface area (TPSA) is 140 Å². The molecule has 9 nitrogen and oxygen atoms in total. The molecule has 3 amide bonds. The molecule has 0 saturated heterocycles. The van der Waals surface area contributed by atoms with Gasteiger partial charge in [-0.15, -0.1) is 0 Å². The van der Waals surface area contributed by atoms with E-state index < -0.39 is 12.1 Å². The Balaban J connectivity index is 1.55. The van der Waals surface area contributed by atoms with Crippen molar-refractivity contribution >= 4 is 23.6 Å². The highest BCUT2D eigenvalue weighted by molar-refractivity contribution is 5.95. The number of nitrogen functional groups attached to an aromatic ring is 1. The molecule has 1 heterocycles. The Morgan fingerprint density at radius 1 is 0.950 bits per heavy atom. The summed E-state index contributed by atoms with van der Waals surface area (Å²) < 4.78 is 0. The monoisotopic (exact) mass is 546 g/mol. The Labute approximate surface area is 236 Å². The fourth-order valence-corrected chi connectivity index (χ4v) is 5.22. The number of benzene rings is 2. The second-order valence-corrected chi connectivity index (χ2v) is 11.0. The zero-order valence-corrected chi connectivity index (χ0v) is 23.5. The van der Waals surface area contributed by atoms with Crippen LogP contribution in [0.5, 0.6) is 0 Å². The van der Waals surface area contributed by atoms with E-state index in [0.717, 1.165) is 44.2 Å². The van der Waals surface area contributed by atoms with Crippen LogP contribution in [0.3, 0.4) is 0 Å². The van der Waals surface area contributed by atoms with E-state index in [1.54, 1.807) is 26.1 Å². The predicted octanol–water partition coefficient (Wildman–Crippen LogP) is 1.91. The van der Waals surface area contributed by atoms with Crippen LogP contribution in [0.25, 0.3) is 0 Å². The van der Waals surface area contributed by atoms with Gasteiger partial charge >= 0.3 is 0 Å². The van der Waals surface area contributed by atoms with Gasteiger partial charge in [-0.05, 0) is 74.6 Å². The molecule has 0 radical (unpaired) electrons. The maximum atomic E-state index is 13.4. The average molecular weight is 547 g/mol. The lowest BCUT2D eigenvalue weighted by atomic mass is 9.99. The van der Waals surface area contributed by atoms with Gasteiger partial charge < -0.3 is 26.6 Å². The van der Waals surface area contributed by atoms with Crippen molar-refractivity contribution in [2.45, 2.75) is 70.0 Å². The van der Waals surface area contributed by atoms with Crippen LogP contribution in [-0.4, -0.2) is 66.7 Å². The summed E-state index contributed by atoms with van der Waals surface area (Å²) >= 11 is 0. The number of amidine groups is 1. The molecule has 9 heteroatoms. The quantitative estimate of drug-likeness (QED) is 0.294. The molecule has 3 atom stereocenters. The minimum atomic E-state index is -0.826. The van der Waals surface area contributed by atoms with Crippen LogP contribution in [0.15, 0.2) is 48.5 Å². The molecule has 0 spiro atoms. The third-order valence-corrected chi connectivity index (χ3v) is 8.05. The molecule has 0 aromatic heterocycles. The number of nitrogens with one attached hydrogen (secondary N) is 4. The minimum Gasteiger partial charge on any atom is -0.384 e. The van der Waals surface area contributed by atoms with Crippen molar-refractivity contribution in [1.82, 2.24) is 20.9 Å². The van der Waals surface area contributed by atoms with Crippen LogP contribution >= 0.6 is 0 Å². The van der Waals surface area contributed by atoms with Gasteiger partial charge in [-0.25, -0.2) is 0 Å². The van der Waals surface area contributed by atoms with Gasteiger partial charge in [-0.2, -0.15) is 0 Å². The summed E-state index contributed by atoms with van der Waals surface area (Å²) in [4.78, 5) is 41.7. The molecule has 214 valence electrons. The van der Waals surface area contributed by atoms with E-state index in [1.807, 2.05) is 24.3 Å². The fourth-order valence-electron chi connectivity index (χ4n) is 5.22. The lowest BCUT2D eigenvalue weighted by Gasteiger charge is -2.30. The number of carbonyl (C=O) groups excluding carboxylic acids is 3. The Morgan fingerprint density at radius 3 is 2.27 bits per heavy atom. The smallest absolute Gasteiger partial charge is 0.243 e. The van der Waals surface area contributed by atoms with E-state index >= 15 is 0 Å². The highest BCUT2D eigenvalue weighted by Crippen LogP contribution is 2.33. The predicted molar refractivity (Wildman–Crippen MR) is 156 cm³/mol. The van der Waals surface area contributed by atoms with Gasteiger partial charge in [-0.1, -0.05) is 48.5 Å². The highest BCUT2D eigenvalue weighted by Gasteiger charge is 2.39. The molecule has 40 heavy (non-hydrogen) atoms. The summed E-state index contributed by atoms with van der Waals surface area (Å²) in [6.07, 6.45) is 5.89. The van der Waals surface area contributed by atoms with Crippen molar-refractivity contribution in [3.63, 3.8) is 0 Å². The SMILES string of the molecule is CC1C(=O)NC(Cc2ccc(C(=N)N)cc2)C(=O)NCCc2ccccc2CCCCNC(C2CC2)C(=O)N1C. The van der Waals surface area contributed by atoms with E-state index in [4.69, 9.17) is 11.1 Å². The molecule has 6 N–H and O–H groups in total. The highest BCUT2D eigenvalue weighted by atomic mass is 16.2. The van der Waals surface area contributed by atoms with Gasteiger partial charge in [-0.3, -0.25) is 19.8 Å². The van der Waals surface area contributed by atoms with E-state index in [-0.39, 0.29) is 36.0 Å². The largest absolute Gasteiger partial charge is 0.384 e. The second-order valence-electron chi connectivity index (χ2n) is 11.0. The Bertz CT molecular complexity index is 1210. The molecule has 3 unspecified atom stereocenters. The molecule has 2 aromatic rings. The van der Waals surface area contributed by atoms with Gasteiger partial charge in [0.05, 0.1) is 6.04 Å². The average Bonchev–Trinajstić information content (AvgIpc) is 3.79. The summed E-state index contributed by atoms with van der Waals surface area (Å²) in [5.74, 6) is -0.473. The van der Waals surface area contributed by atoms with Crippen LogP contribution in [0, 0.1) is 11.3 Å². The lowest BCUT2D eigenvalue weighted by molar-refractivity contribution is -0.141. The van der Waals surface area contributed by atoms with Crippen LogP contribution in [0.1, 0.15) is 54.9 Å². The summed E-state index contributed by atoms with van der Waals surface area (Å²) in [6.45, 7) is 2.90. The molecule has 4 rings (SSSR count). The summed E-state index contributed by atoms with van der Waals surface area (Å²) in [7, 11) is 1.66. The lowest BCUT2D eigenvalue weighted by Crippen LogP contribution is -2.56. The van der Waals surface area contributed by atoms with Crippen LogP contribution in [0.2, 0.25) is 0 Å². The van der Waals surface area contributed by atoms with Gasteiger partial charge in [0.25, 0.3) is 0 Å². The number of nitrogens with two attached hydrogens (primary N) is 1. The molecule has 2 aromatic carbocycles. The van der Waals surface area contributed by atoms with E-state index in [9.17, 15) is 14.4 Å². The number of amides is 3. The summed E-state index contributed by atoms with van der Waals surface area (Å²) in [6, 6.07) is 13.5. The number of fused-ring (bicyclic) bond motifs is 1. The van der Waals surface area contributed by atoms with Crippen LogP contribution in [0.4, 0.5) is 0 Å². The zero-order chi connectivity index (χ0) is 28.6. The summed E-state index contributed by atoms with van der Waals surface area (Å²) in [5, 5.41) is 17.0. The molecule has 1 aliphatic heterocycles. The fraction of sp³-hybridized carbons (Fsp3) is 0.484. The Kier molecular flexibility index (Phi) is 9.93. The number of rotatable bonds is 4. The first-order valence-corrected chi connectivity index (χ1v) is 14.3. The molecule has 0 bridgehead atoms. The number of carbonyl (C=O) groups is 3. The zero-order valence-electron chi connectivity index (χ0n) is 23.5. The van der Waals surface area contributed by atoms with Crippen molar-refractivity contribution in [2.24, 2.45) is 11.7 Å². The number of likely N-dealkylation sites (N-methyl/N-ethyl adjacent to an activating group) is 1. The Morgan fingerprint density at radius 2 is 1.62 bits per heavy atom. The first-order chi connectivity index (χ1) is 19.2. The Hall–Kier alpha value is -3.72. The normalized spacial score (nSPS) is 23.8. The standard InChI is InChI=1S/C31H42N6O3/c1-20-29(38)36-26(19-21-10-12-25(13-11-21)28(32)33)30(39)35-18-16-23-8-4-3-7-22(23)9-5-6-17-34-27(24-14-15-24)31(40)37(20)2/h3-4,7-8,10-13,20,24,26-27,34H,5-6,9,14-19H2,1-2H3,(H3,32,33)(H,35,39)(H,36,38). The third-order valence-electron chi connectivity index (χ3n) is 8.05. The number of aryl methyl sites for hydroxylation is 1. The van der Waals surface area contributed by atoms with E-state index in [0.29, 0.717) is 24.4 Å². The van der Waals surface area contributed by atoms with Crippen LogP contribution < -0.4 is 21.7 Å². The van der Waals surface area contributed by atoms with Gasteiger partial charge in [0.15, 0.2) is 0 Å². The van der Waals surface area contributed by atoms with Gasteiger partial charge in [0.1, 0.15) is 17.9 Å². The van der Waals surface area contributed by atoms with Gasteiger partial charge in [0, 0.05) is 25.6 Å². The summed E-state index contributed by atoms with van der Waals surface area (Å²) in [5.41, 5.74) is 9.48. The van der Waals surface area contributed by atoms with Crippen LogP contribution in [-0.2, 0) is 33.6 Å². The van der Waals surface area contributed by atoms with Crippen molar-refractivity contribution < 1.29 is 14.4 Å². The van der Waals surface area contributed by atoms with E-state index in [2.05, 4.69) is 28.1 Å². The molecule has 1 saturated carbocycles. The van der Waals surface area contributed by atoms with Crippen molar-refractivity contribution in [3.8, 4) is 0 Å². The number of nitrogens with zero attached hydrogens (tertiary/aromatic N) is 1.